The second-order valence-electron chi connectivity index (χ2n) is 6.08. The van der Waals surface area contributed by atoms with E-state index in [1.165, 1.54) is 0 Å². The molecule has 0 heterocycles. The molecule has 5 heteroatoms. The normalized spacial score (nSPS) is 10.1. The molecule has 3 aromatic carbocycles. The molecular weight excluding hydrogens is 340 g/mol. The van der Waals surface area contributed by atoms with Crippen molar-refractivity contribution in [3.05, 3.63) is 83.9 Å². The zero-order valence-corrected chi connectivity index (χ0v) is 15.4. The molecular formula is C22H22N2O3. The average Bonchev–Trinajstić information content (AvgIpc) is 2.68. The number of carbonyl (C=O) groups is 1. The van der Waals surface area contributed by atoms with Gasteiger partial charge in [-0.3, -0.25) is 0 Å². The number of nitrogens with one attached hydrogen (secondary N) is 2. The number of methoxy groups -OCH3 is 1. The van der Waals surface area contributed by atoms with E-state index in [0.29, 0.717) is 23.7 Å². The molecule has 27 heavy (non-hydrogen) atoms. The summed E-state index contributed by atoms with van der Waals surface area (Å²) < 4.78 is 11.0. The highest BCUT2D eigenvalue weighted by atomic mass is 16.5. The molecule has 0 aromatic heterocycles. The largest absolute Gasteiger partial charge is 0.495 e. The molecule has 0 atom stereocenters. The third-order valence-corrected chi connectivity index (χ3v) is 3.96. The Morgan fingerprint density at radius 3 is 2.37 bits per heavy atom. The highest BCUT2D eigenvalue weighted by molar-refractivity contribution is 6.00. The van der Waals surface area contributed by atoms with E-state index in [-0.39, 0.29) is 6.03 Å². The van der Waals surface area contributed by atoms with Gasteiger partial charge in [-0.05, 0) is 54.4 Å². The van der Waals surface area contributed by atoms with Gasteiger partial charge in [-0.1, -0.05) is 36.4 Å². The fraction of sp³-hybridized carbons (Fsp3) is 0.136. The summed E-state index contributed by atoms with van der Waals surface area (Å²) in [6.45, 7) is 2.46. The van der Waals surface area contributed by atoms with E-state index in [4.69, 9.17) is 9.47 Å². The average molecular weight is 362 g/mol. The molecule has 3 aromatic rings. The van der Waals surface area contributed by atoms with Gasteiger partial charge in [0.15, 0.2) is 0 Å². The van der Waals surface area contributed by atoms with Gasteiger partial charge in [0.25, 0.3) is 0 Å². The molecule has 0 saturated heterocycles. The first-order valence-corrected chi connectivity index (χ1v) is 8.63. The number of urea groups is 1. The fourth-order valence-electron chi connectivity index (χ4n) is 2.58. The molecule has 0 aliphatic carbocycles. The standard InChI is InChI=1S/C22H22N2O3/c1-16-8-13-21(26-2)20(14-16)24-22(25)23-18-9-11-19(12-10-18)27-15-17-6-4-3-5-7-17/h3-14H,15H2,1-2H3,(H2,23,24,25). The van der Waals surface area contributed by atoms with Gasteiger partial charge in [-0.25, -0.2) is 4.79 Å². The van der Waals surface area contributed by atoms with Crippen LogP contribution >= 0.6 is 0 Å². The first kappa shape index (κ1) is 18.3. The Morgan fingerprint density at radius 2 is 1.67 bits per heavy atom. The van der Waals surface area contributed by atoms with Crippen molar-refractivity contribution in [1.29, 1.82) is 0 Å². The molecule has 2 N–H and O–H groups in total. The van der Waals surface area contributed by atoms with Crippen LogP contribution in [0.5, 0.6) is 11.5 Å². The Morgan fingerprint density at radius 1 is 0.926 bits per heavy atom. The molecule has 0 spiro atoms. The number of amides is 2. The maximum Gasteiger partial charge on any atom is 0.323 e. The quantitative estimate of drug-likeness (QED) is 0.631. The monoisotopic (exact) mass is 362 g/mol. The third-order valence-electron chi connectivity index (χ3n) is 3.96. The lowest BCUT2D eigenvalue weighted by Crippen LogP contribution is -2.19. The first-order chi connectivity index (χ1) is 13.1. The van der Waals surface area contributed by atoms with Crippen molar-refractivity contribution in [2.24, 2.45) is 0 Å². The molecule has 0 aliphatic heterocycles. The SMILES string of the molecule is COc1ccc(C)cc1NC(=O)Nc1ccc(OCc2ccccc2)cc1. The predicted octanol–water partition coefficient (Wildman–Crippen LogP) is 5.23. The zero-order chi connectivity index (χ0) is 19.1. The van der Waals surface area contributed by atoms with Gasteiger partial charge in [0, 0.05) is 5.69 Å². The van der Waals surface area contributed by atoms with Crippen molar-refractivity contribution in [3.8, 4) is 11.5 Å². The molecule has 2 amide bonds. The predicted molar refractivity (Wildman–Crippen MR) is 108 cm³/mol. The Kier molecular flexibility index (Phi) is 5.94. The van der Waals surface area contributed by atoms with Crippen molar-refractivity contribution in [3.63, 3.8) is 0 Å². The lowest BCUT2D eigenvalue weighted by molar-refractivity contribution is 0.262. The van der Waals surface area contributed by atoms with Crippen molar-refractivity contribution in [2.75, 3.05) is 17.7 Å². The number of carbonyl (C=O) groups excluding carboxylic acids is 1. The summed E-state index contributed by atoms with van der Waals surface area (Å²) in [6, 6.07) is 22.5. The van der Waals surface area contributed by atoms with E-state index >= 15 is 0 Å². The van der Waals surface area contributed by atoms with Crippen LogP contribution in [-0.2, 0) is 6.61 Å². The minimum atomic E-state index is -0.336. The van der Waals surface area contributed by atoms with E-state index in [9.17, 15) is 4.79 Å². The summed E-state index contributed by atoms with van der Waals surface area (Å²) in [5.41, 5.74) is 3.43. The number of rotatable bonds is 6. The number of anilines is 2. The summed E-state index contributed by atoms with van der Waals surface area (Å²) >= 11 is 0. The number of hydrogen-bond acceptors (Lipinski definition) is 3. The fourth-order valence-corrected chi connectivity index (χ4v) is 2.58. The van der Waals surface area contributed by atoms with E-state index in [0.717, 1.165) is 16.9 Å². The van der Waals surface area contributed by atoms with E-state index < -0.39 is 0 Å². The highest BCUT2D eigenvalue weighted by Gasteiger charge is 2.08. The second kappa shape index (κ2) is 8.76. The van der Waals surface area contributed by atoms with Crippen molar-refractivity contribution in [1.82, 2.24) is 0 Å². The highest BCUT2D eigenvalue weighted by Crippen LogP contribution is 2.25. The van der Waals surface area contributed by atoms with Crippen LogP contribution in [-0.4, -0.2) is 13.1 Å². The molecule has 0 fully saturated rings. The Balaban J connectivity index is 1.56. The third kappa shape index (κ3) is 5.25. The van der Waals surface area contributed by atoms with E-state index in [1.807, 2.05) is 67.6 Å². The topological polar surface area (TPSA) is 59.6 Å². The molecule has 0 unspecified atom stereocenters. The molecule has 0 radical (unpaired) electrons. The lowest BCUT2D eigenvalue weighted by atomic mass is 10.2. The smallest absolute Gasteiger partial charge is 0.323 e. The van der Waals surface area contributed by atoms with Gasteiger partial charge in [-0.15, -0.1) is 0 Å². The molecule has 138 valence electrons. The maximum atomic E-state index is 12.2. The summed E-state index contributed by atoms with van der Waals surface area (Å²) in [4.78, 5) is 12.2. The van der Waals surface area contributed by atoms with Crippen molar-refractivity contribution >= 4 is 17.4 Å². The van der Waals surface area contributed by atoms with Gasteiger partial charge in [0.05, 0.1) is 12.8 Å². The van der Waals surface area contributed by atoms with Gasteiger partial charge in [0.2, 0.25) is 0 Å². The van der Waals surface area contributed by atoms with Gasteiger partial charge in [0.1, 0.15) is 18.1 Å². The van der Waals surface area contributed by atoms with Gasteiger partial charge in [-0.2, -0.15) is 0 Å². The minimum Gasteiger partial charge on any atom is -0.495 e. The zero-order valence-electron chi connectivity index (χ0n) is 15.4. The number of ether oxygens (including phenoxy) is 2. The van der Waals surface area contributed by atoms with Crippen LogP contribution in [0.1, 0.15) is 11.1 Å². The Bertz CT molecular complexity index is 893. The molecule has 3 rings (SSSR count). The van der Waals surface area contributed by atoms with Crippen LogP contribution in [0.4, 0.5) is 16.2 Å². The van der Waals surface area contributed by atoms with Crippen LogP contribution in [0.2, 0.25) is 0 Å². The van der Waals surface area contributed by atoms with Gasteiger partial charge < -0.3 is 20.1 Å². The number of hydrogen-bond donors (Lipinski definition) is 2. The minimum absolute atomic E-state index is 0.336. The second-order valence-corrected chi connectivity index (χ2v) is 6.08. The van der Waals surface area contributed by atoms with Crippen LogP contribution < -0.4 is 20.1 Å². The molecule has 5 nitrogen and oxygen atoms in total. The van der Waals surface area contributed by atoms with Crippen LogP contribution in [0.3, 0.4) is 0 Å². The lowest BCUT2D eigenvalue weighted by Gasteiger charge is -2.12. The van der Waals surface area contributed by atoms with Crippen LogP contribution in [0, 0.1) is 6.92 Å². The number of aryl methyl sites for hydroxylation is 1. The van der Waals surface area contributed by atoms with E-state index in [1.54, 1.807) is 19.2 Å². The summed E-state index contributed by atoms with van der Waals surface area (Å²) in [5, 5.41) is 5.61. The van der Waals surface area contributed by atoms with Crippen LogP contribution in [0.15, 0.2) is 72.8 Å². The summed E-state index contributed by atoms with van der Waals surface area (Å²) in [6.07, 6.45) is 0. The summed E-state index contributed by atoms with van der Waals surface area (Å²) in [7, 11) is 1.57. The first-order valence-electron chi connectivity index (χ1n) is 8.63. The van der Waals surface area contributed by atoms with E-state index in [2.05, 4.69) is 10.6 Å². The Labute approximate surface area is 158 Å². The number of benzene rings is 3. The maximum absolute atomic E-state index is 12.2. The molecule has 0 bridgehead atoms. The van der Waals surface area contributed by atoms with Crippen molar-refractivity contribution in [2.45, 2.75) is 13.5 Å². The Hall–Kier alpha value is -3.47. The van der Waals surface area contributed by atoms with Crippen molar-refractivity contribution < 1.29 is 14.3 Å². The molecule has 0 saturated carbocycles. The van der Waals surface area contributed by atoms with Crippen LogP contribution in [0.25, 0.3) is 0 Å². The van der Waals surface area contributed by atoms with Gasteiger partial charge >= 0.3 is 6.03 Å². The summed E-state index contributed by atoms with van der Waals surface area (Å²) in [5.74, 6) is 1.35. The molecule has 0 aliphatic rings.